The fraction of sp³-hybridized carbons (Fsp3) is 0.438. The van der Waals surface area contributed by atoms with E-state index in [4.69, 9.17) is 5.73 Å². The number of aryl methyl sites for hydroxylation is 2. The van der Waals surface area contributed by atoms with Crippen LogP contribution in [-0.4, -0.2) is 14.8 Å². The van der Waals surface area contributed by atoms with Crippen molar-refractivity contribution in [3.05, 3.63) is 28.6 Å². The summed E-state index contributed by atoms with van der Waals surface area (Å²) in [7, 11) is 0. The van der Waals surface area contributed by atoms with Gasteiger partial charge in [0, 0.05) is 17.8 Å². The molecule has 5 nitrogen and oxygen atoms in total. The van der Waals surface area contributed by atoms with Crippen LogP contribution in [0.2, 0.25) is 0 Å². The van der Waals surface area contributed by atoms with Gasteiger partial charge in [0.25, 0.3) is 0 Å². The van der Waals surface area contributed by atoms with Gasteiger partial charge in [-0.15, -0.1) is 0 Å². The lowest BCUT2D eigenvalue weighted by atomic mass is 10.0. The summed E-state index contributed by atoms with van der Waals surface area (Å²) in [5.74, 6) is 0.797. The Kier molecular flexibility index (Phi) is 3.17. The van der Waals surface area contributed by atoms with Gasteiger partial charge in [-0.1, -0.05) is 0 Å². The largest absolute Gasteiger partial charge is 0.383 e. The summed E-state index contributed by atoms with van der Waals surface area (Å²) in [6, 6.07) is 4.23. The molecule has 2 aromatic rings. The summed E-state index contributed by atoms with van der Waals surface area (Å²) < 4.78 is 1.97. The van der Waals surface area contributed by atoms with Gasteiger partial charge < -0.3 is 5.73 Å². The van der Waals surface area contributed by atoms with Gasteiger partial charge in [0.1, 0.15) is 11.9 Å². The van der Waals surface area contributed by atoms with Gasteiger partial charge in [-0.2, -0.15) is 10.4 Å². The van der Waals surface area contributed by atoms with Crippen molar-refractivity contribution >= 4 is 5.82 Å². The van der Waals surface area contributed by atoms with Crippen molar-refractivity contribution in [2.45, 2.75) is 46.1 Å². The molecule has 0 radical (unpaired) electrons. The van der Waals surface area contributed by atoms with E-state index in [0.29, 0.717) is 17.3 Å². The molecule has 1 aliphatic rings. The lowest BCUT2D eigenvalue weighted by Crippen LogP contribution is -2.02. The van der Waals surface area contributed by atoms with Crippen LogP contribution in [-0.2, 0) is 6.54 Å². The molecule has 0 atom stereocenters. The Bertz CT molecular complexity index is 747. The first-order valence-corrected chi connectivity index (χ1v) is 7.31. The Balaban J connectivity index is 2.20. The molecule has 1 fully saturated rings. The predicted octanol–water partition coefficient (Wildman–Crippen LogP) is 2.91. The number of hydrogen-bond donors (Lipinski definition) is 1. The minimum absolute atomic E-state index is 0.333. The Morgan fingerprint density at radius 1 is 1.43 bits per heavy atom. The van der Waals surface area contributed by atoms with Crippen molar-refractivity contribution in [3.63, 3.8) is 0 Å². The summed E-state index contributed by atoms with van der Waals surface area (Å²) >= 11 is 0. The fourth-order valence-electron chi connectivity index (χ4n) is 2.93. The molecule has 0 bridgehead atoms. The molecule has 0 aliphatic heterocycles. The second-order valence-corrected chi connectivity index (χ2v) is 5.60. The standard InChI is InChI=1S/C16H19N5/c1-4-21-10(3)15(9(2)20-21)14-7-12(11-5-6-11)13(8-17)16(18)19-14/h7,11H,4-6H2,1-3H3,(H2,18,19). The molecular weight excluding hydrogens is 262 g/mol. The third-order valence-electron chi connectivity index (χ3n) is 4.14. The number of nitrogens with two attached hydrogens (primary N) is 1. The highest BCUT2D eigenvalue weighted by Gasteiger charge is 2.29. The second-order valence-electron chi connectivity index (χ2n) is 5.60. The van der Waals surface area contributed by atoms with Gasteiger partial charge in [-0.3, -0.25) is 4.68 Å². The summed E-state index contributed by atoms with van der Waals surface area (Å²) in [4.78, 5) is 4.46. The number of aromatic nitrogens is 3. The van der Waals surface area contributed by atoms with Gasteiger partial charge in [0.05, 0.1) is 17.0 Å². The molecule has 0 amide bonds. The highest BCUT2D eigenvalue weighted by molar-refractivity contribution is 5.70. The molecule has 1 saturated carbocycles. The monoisotopic (exact) mass is 281 g/mol. The number of nitrogen functional groups attached to an aromatic ring is 1. The number of rotatable bonds is 3. The van der Waals surface area contributed by atoms with Gasteiger partial charge >= 0.3 is 0 Å². The molecule has 0 saturated heterocycles. The van der Waals surface area contributed by atoms with E-state index in [1.165, 1.54) is 0 Å². The van der Waals surface area contributed by atoms with Crippen molar-refractivity contribution in [3.8, 4) is 17.3 Å². The summed E-state index contributed by atoms with van der Waals surface area (Å²) in [5.41, 5.74) is 11.5. The topological polar surface area (TPSA) is 80.5 Å². The van der Waals surface area contributed by atoms with E-state index < -0.39 is 0 Å². The van der Waals surface area contributed by atoms with E-state index in [9.17, 15) is 5.26 Å². The first kappa shape index (κ1) is 13.6. The van der Waals surface area contributed by atoms with Crippen LogP contribution < -0.4 is 5.73 Å². The molecule has 1 aliphatic carbocycles. The molecule has 0 unspecified atom stereocenters. The number of nitriles is 1. The van der Waals surface area contributed by atoms with E-state index in [1.54, 1.807) is 0 Å². The second kappa shape index (κ2) is 4.88. The van der Waals surface area contributed by atoms with Gasteiger partial charge in [-0.25, -0.2) is 4.98 Å². The van der Waals surface area contributed by atoms with Crippen LogP contribution in [0.3, 0.4) is 0 Å². The molecule has 21 heavy (non-hydrogen) atoms. The SMILES string of the molecule is CCn1nc(C)c(-c2cc(C3CC3)c(C#N)c(N)n2)c1C. The van der Waals surface area contributed by atoms with Crippen molar-refractivity contribution in [1.29, 1.82) is 5.26 Å². The van der Waals surface area contributed by atoms with E-state index in [0.717, 1.165) is 47.6 Å². The first-order chi connectivity index (χ1) is 10.1. The maximum atomic E-state index is 9.30. The zero-order chi connectivity index (χ0) is 15.1. The first-order valence-electron chi connectivity index (χ1n) is 7.31. The summed E-state index contributed by atoms with van der Waals surface area (Å²) in [6.45, 7) is 6.93. The van der Waals surface area contributed by atoms with E-state index in [1.807, 2.05) is 24.6 Å². The van der Waals surface area contributed by atoms with Crippen LogP contribution in [0.1, 0.15) is 48.2 Å². The normalized spacial score (nSPS) is 14.2. The average molecular weight is 281 g/mol. The van der Waals surface area contributed by atoms with Crippen LogP contribution >= 0.6 is 0 Å². The highest BCUT2D eigenvalue weighted by Crippen LogP contribution is 2.44. The lowest BCUT2D eigenvalue weighted by molar-refractivity contribution is 0.634. The predicted molar refractivity (Wildman–Crippen MR) is 81.7 cm³/mol. The summed E-state index contributed by atoms with van der Waals surface area (Å²) in [5, 5.41) is 13.8. The van der Waals surface area contributed by atoms with Crippen molar-refractivity contribution in [2.75, 3.05) is 5.73 Å². The van der Waals surface area contributed by atoms with Crippen LogP contribution in [0, 0.1) is 25.2 Å². The number of pyridine rings is 1. The molecule has 2 heterocycles. The number of anilines is 1. The third-order valence-corrected chi connectivity index (χ3v) is 4.14. The van der Waals surface area contributed by atoms with Gasteiger partial charge in [-0.05, 0) is 51.2 Å². The van der Waals surface area contributed by atoms with E-state index >= 15 is 0 Å². The zero-order valence-corrected chi connectivity index (χ0v) is 12.6. The zero-order valence-electron chi connectivity index (χ0n) is 12.6. The molecule has 5 heteroatoms. The van der Waals surface area contributed by atoms with Crippen LogP contribution in [0.15, 0.2) is 6.07 Å². The van der Waals surface area contributed by atoms with Crippen molar-refractivity contribution < 1.29 is 0 Å². The van der Waals surface area contributed by atoms with Crippen molar-refractivity contribution in [2.24, 2.45) is 0 Å². The minimum Gasteiger partial charge on any atom is -0.383 e. The Morgan fingerprint density at radius 3 is 2.67 bits per heavy atom. The molecule has 0 aromatic carbocycles. The van der Waals surface area contributed by atoms with Crippen LogP contribution in [0.25, 0.3) is 11.3 Å². The fourth-order valence-corrected chi connectivity index (χ4v) is 2.93. The quantitative estimate of drug-likeness (QED) is 0.938. The smallest absolute Gasteiger partial charge is 0.142 e. The van der Waals surface area contributed by atoms with Gasteiger partial charge in [0.2, 0.25) is 0 Å². The lowest BCUT2D eigenvalue weighted by Gasteiger charge is -2.09. The summed E-state index contributed by atoms with van der Waals surface area (Å²) in [6.07, 6.45) is 2.26. The Labute approximate surface area is 124 Å². The average Bonchev–Trinajstić information content (AvgIpc) is 3.24. The molecule has 3 rings (SSSR count). The van der Waals surface area contributed by atoms with Crippen molar-refractivity contribution in [1.82, 2.24) is 14.8 Å². The third kappa shape index (κ3) is 2.17. The van der Waals surface area contributed by atoms with Gasteiger partial charge in [0.15, 0.2) is 0 Å². The number of nitrogens with zero attached hydrogens (tertiary/aromatic N) is 4. The molecular formula is C16H19N5. The maximum Gasteiger partial charge on any atom is 0.142 e. The highest BCUT2D eigenvalue weighted by atomic mass is 15.3. The van der Waals surface area contributed by atoms with Crippen LogP contribution in [0.5, 0.6) is 0 Å². The minimum atomic E-state index is 0.333. The molecule has 2 N–H and O–H groups in total. The molecule has 108 valence electrons. The number of hydrogen-bond acceptors (Lipinski definition) is 4. The Hall–Kier alpha value is -2.35. The molecule has 0 spiro atoms. The van der Waals surface area contributed by atoms with E-state index in [2.05, 4.69) is 23.1 Å². The maximum absolute atomic E-state index is 9.30. The molecule has 2 aromatic heterocycles. The van der Waals surface area contributed by atoms with Crippen LogP contribution in [0.4, 0.5) is 5.82 Å². The van der Waals surface area contributed by atoms with E-state index in [-0.39, 0.29) is 0 Å². The Morgan fingerprint density at radius 2 is 2.14 bits per heavy atom.